The summed E-state index contributed by atoms with van der Waals surface area (Å²) in [4.78, 5) is 11.0. The lowest BCUT2D eigenvalue weighted by Gasteiger charge is -2.14. The Labute approximate surface area is 135 Å². The van der Waals surface area contributed by atoms with Gasteiger partial charge in [0.05, 0.1) is 18.2 Å². The standard InChI is InChI=1S/C16H24BrNO3/c1-3-10-21-15-9-8-12(11-13(15)17)14(18)6-4-5-7-16(19)20-2/h8-9,11,14H,3-7,10,18H2,1-2H3. The molecule has 1 rings (SSSR count). The fourth-order valence-corrected chi connectivity index (χ4v) is 2.49. The van der Waals surface area contributed by atoms with Crippen molar-refractivity contribution in [3.05, 3.63) is 28.2 Å². The van der Waals surface area contributed by atoms with Gasteiger partial charge in [-0.3, -0.25) is 4.79 Å². The van der Waals surface area contributed by atoms with Crippen LogP contribution in [0.5, 0.6) is 5.75 Å². The Kier molecular flexibility index (Phi) is 8.38. The first kappa shape index (κ1) is 18.0. The van der Waals surface area contributed by atoms with E-state index in [-0.39, 0.29) is 12.0 Å². The van der Waals surface area contributed by atoms with Crippen LogP contribution in [0.4, 0.5) is 0 Å². The van der Waals surface area contributed by atoms with Crippen molar-refractivity contribution in [1.29, 1.82) is 0 Å². The maximum Gasteiger partial charge on any atom is 0.305 e. The Morgan fingerprint density at radius 2 is 2.14 bits per heavy atom. The van der Waals surface area contributed by atoms with E-state index in [9.17, 15) is 4.79 Å². The van der Waals surface area contributed by atoms with Crippen molar-refractivity contribution in [3.8, 4) is 5.75 Å². The van der Waals surface area contributed by atoms with Gasteiger partial charge in [-0.05, 0) is 52.9 Å². The molecule has 1 atom stereocenters. The zero-order chi connectivity index (χ0) is 15.7. The minimum Gasteiger partial charge on any atom is -0.492 e. The lowest BCUT2D eigenvalue weighted by Crippen LogP contribution is -2.10. The molecule has 0 saturated heterocycles. The van der Waals surface area contributed by atoms with Gasteiger partial charge >= 0.3 is 5.97 Å². The lowest BCUT2D eigenvalue weighted by atomic mass is 10.0. The van der Waals surface area contributed by atoms with E-state index in [1.54, 1.807) is 0 Å². The molecule has 0 fully saturated rings. The van der Waals surface area contributed by atoms with Gasteiger partial charge in [0.2, 0.25) is 0 Å². The molecule has 4 nitrogen and oxygen atoms in total. The summed E-state index contributed by atoms with van der Waals surface area (Å²) < 4.78 is 11.2. The number of carbonyl (C=O) groups is 1. The van der Waals surface area contributed by atoms with Crippen molar-refractivity contribution >= 4 is 21.9 Å². The van der Waals surface area contributed by atoms with E-state index >= 15 is 0 Å². The van der Waals surface area contributed by atoms with E-state index in [1.165, 1.54) is 7.11 Å². The molecule has 0 aliphatic heterocycles. The Morgan fingerprint density at radius 3 is 2.76 bits per heavy atom. The zero-order valence-corrected chi connectivity index (χ0v) is 14.3. The number of ether oxygens (including phenoxy) is 2. The molecule has 0 aromatic heterocycles. The molecule has 0 bridgehead atoms. The topological polar surface area (TPSA) is 61.5 Å². The first-order chi connectivity index (χ1) is 10.1. The summed E-state index contributed by atoms with van der Waals surface area (Å²) >= 11 is 3.51. The van der Waals surface area contributed by atoms with Crippen LogP contribution >= 0.6 is 15.9 Å². The van der Waals surface area contributed by atoms with Gasteiger partial charge < -0.3 is 15.2 Å². The molecule has 1 aromatic carbocycles. The van der Waals surface area contributed by atoms with Crippen molar-refractivity contribution in [2.45, 2.75) is 45.1 Å². The number of hydrogen-bond donors (Lipinski definition) is 1. The van der Waals surface area contributed by atoms with E-state index in [1.807, 2.05) is 18.2 Å². The fourth-order valence-electron chi connectivity index (χ4n) is 1.98. The highest BCUT2D eigenvalue weighted by atomic mass is 79.9. The largest absolute Gasteiger partial charge is 0.492 e. The van der Waals surface area contributed by atoms with Crippen molar-refractivity contribution in [1.82, 2.24) is 0 Å². The number of benzene rings is 1. The highest BCUT2D eigenvalue weighted by molar-refractivity contribution is 9.10. The Hall–Kier alpha value is -1.07. The Morgan fingerprint density at radius 1 is 1.38 bits per heavy atom. The number of carbonyl (C=O) groups excluding carboxylic acids is 1. The second-order valence-electron chi connectivity index (χ2n) is 4.97. The maximum atomic E-state index is 11.0. The number of esters is 1. The molecule has 21 heavy (non-hydrogen) atoms. The minimum atomic E-state index is -0.163. The summed E-state index contributed by atoms with van der Waals surface area (Å²) in [5, 5.41) is 0. The molecule has 0 aliphatic rings. The van der Waals surface area contributed by atoms with E-state index in [2.05, 4.69) is 27.6 Å². The van der Waals surface area contributed by atoms with Crippen LogP contribution in [0.2, 0.25) is 0 Å². The summed E-state index contributed by atoms with van der Waals surface area (Å²) in [6, 6.07) is 5.93. The minimum absolute atomic E-state index is 0.0285. The van der Waals surface area contributed by atoms with Crippen molar-refractivity contribution in [2.75, 3.05) is 13.7 Å². The van der Waals surface area contributed by atoms with Gasteiger partial charge in [0.1, 0.15) is 5.75 Å². The molecule has 0 heterocycles. The zero-order valence-electron chi connectivity index (χ0n) is 12.7. The predicted octanol–water partition coefficient (Wildman–Crippen LogP) is 3.97. The number of halogens is 1. The molecule has 5 heteroatoms. The molecule has 2 N–H and O–H groups in total. The average molecular weight is 358 g/mol. The number of nitrogens with two attached hydrogens (primary N) is 1. The second-order valence-corrected chi connectivity index (χ2v) is 5.82. The van der Waals surface area contributed by atoms with Gasteiger partial charge in [0, 0.05) is 12.5 Å². The Balaban J connectivity index is 2.45. The van der Waals surface area contributed by atoms with Crippen molar-refractivity contribution in [3.63, 3.8) is 0 Å². The van der Waals surface area contributed by atoms with Crippen LogP contribution < -0.4 is 10.5 Å². The molecular weight excluding hydrogens is 334 g/mol. The molecular formula is C16H24BrNO3. The molecule has 0 amide bonds. The summed E-state index contributed by atoms with van der Waals surface area (Å²) in [5.74, 6) is 0.683. The van der Waals surface area contributed by atoms with E-state index in [4.69, 9.17) is 10.5 Å². The third-order valence-corrected chi connectivity index (χ3v) is 3.84. The number of unbranched alkanes of at least 4 members (excludes halogenated alkanes) is 1. The maximum absolute atomic E-state index is 11.0. The third kappa shape index (κ3) is 6.48. The summed E-state index contributed by atoms with van der Waals surface area (Å²) in [6.45, 7) is 2.78. The molecule has 0 spiro atoms. The first-order valence-electron chi connectivity index (χ1n) is 7.33. The van der Waals surface area contributed by atoms with Crippen LogP contribution in [0.25, 0.3) is 0 Å². The first-order valence-corrected chi connectivity index (χ1v) is 8.12. The van der Waals surface area contributed by atoms with Gasteiger partial charge in [-0.2, -0.15) is 0 Å². The van der Waals surface area contributed by atoms with Gasteiger partial charge in [0.25, 0.3) is 0 Å². The molecule has 1 unspecified atom stereocenters. The van der Waals surface area contributed by atoms with Crippen molar-refractivity contribution in [2.24, 2.45) is 5.73 Å². The van der Waals surface area contributed by atoms with Gasteiger partial charge in [-0.15, -0.1) is 0 Å². The van der Waals surface area contributed by atoms with Crippen LogP contribution in [-0.2, 0) is 9.53 Å². The highest BCUT2D eigenvalue weighted by Gasteiger charge is 2.10. The summed E-state index contributed by atoms with van der Waals surface area (Å²) in [5.41, 5.74) is 7.26. The molecule has 0 radical (unpaired) electrons. The Bertz CT molecular complexity index is 451. The lowest BCUT2D eigenvalue weighted by molar-refractivity contribution is -0.140. The molecule has 1 aromatic rings. The van der Waals surface area contributed by atoms with Crippen LogP contribution in [0.15, 0.2) is 22.7 Å². The van der Waals surface area contributed by atoms with Crippen molar-refractivity contribution < 1.29 is 14.3 Å². The van der Waals surface area contributed by atoms with E-state index < -0.39 is 0 Å². The highest BCUT2D eigenvalue weighted by Crippen LogP contribution is 2.29. The normalized spacial score (nSPS) is 12.0. The average Bonchev–Trinajstić information content (AvgIpc) is 2.49. The predicted molar refractivity (Wildman–Crippen MR) is 87.3 cm³/mol. The quantitative estimate of drug-likeness (QED) is 0.536. The van der Waals surface area contributed by atoms with E-state index in [0.29, 0.717) is 13.0 Å². The monoisotopic (exact) mass is 357 g/mol. The van der Waals surface area contributed by atoms with Crippen LogP contribution in [-0.4, -0.2) is 19.7 Å². The van der Waals surface area contributed by atoms with Gasteiger partial charge in [-0.1, -0.05) is 19.4 Å². The molecule has 118 valence electrons. The van der Waals surface area contributed by atoms with Crippen LogP contribution in [0.3, 0.4) is 0 Å². The fraction of sp³-hybridized carbons (Fsp3) is 0.562. The smallest absolute Gasteiger partial charge is 0.305 e. The summed E-state index contributed by atoms with van der Waals surface area (Å²) in [6.07, 6.45) is 3.99. The van der Waals surface area contributed by atoms with Gasteiger partial charge in [0.15, 0.2) is 0 Å². The molecule has 0 saturated carbocycles. The molecule has 0 aliphatic carbocycles. The number of methoxy groups -OCH3 is 1. The summed E-state index contributed by atoms with van der Waals surface area (Å²) in [7, 11) is 1.41. The third-order valence-electron chi connectivity index (χ3n) is 3.22. The van der Waals surface area contributed by atoms with Gasteiger partial charge in [-0.25, -0.2) is 0 Å². The van der Waals surface area contributed by atoms with Crippen LogP contribution in [0, 0.1) is 0 Å². The van der Waals surface area contributed by atoms with Crippen LogP contribution in [0.1, 0.15) is 50.6 Å². The SMILES string of the molecule is CCCOc1ccc(C(N)CCCCC(=O)OC)cc1Br. The second kappa shape index (κ2) is 9.79. The van der Waals surface area contributed by atoms with E-state index in [0.717, 1.165) is 41.5 Å². The number of rotatable bonds is 9. The number of hydrogen-bond acceptors (Lipinski definition) is 4.